The first kappa shape index (κ1) is 28.1. The van der Waals surface area contributed by atoms with Crippen LogP contribution in [0.3, 0.4) is 0 Å². The second-order valence-electron chi connectivity index (χ2n) is 11.5. The predicted octanol–water partition coefficient (Wildman–Crippen LogP) is 4.81. The molecular formula is C32H32FN7O3. The number of carbonyl (C=O) groups excluding carboxylic acids is 1. The van der Waals surface area contributed by atoms with Gasteiger partial charge in [0.05, 0.1) is 48.1 Å². The summed E-state index contributed by atoms with van der Waals surface area (Å²) in [5, 5.41) is 12.6. The Morgan fingerprint density at radius 2 is 1.74 bits per heavy atom. The van der Waals surface area contributed by atoms with Gasteiger partial charge in [-0.15, -0.1) is 5.10 Å². The third-order valence-corrected chi connectivity index (χ3v) is 7.48. The van der Waals surface area contributed by atoms with E-state index in [-0.39, 0.29) is 16.7 Å². The maximum atomic E-state index is 15.2. The molecule has 10 nitrogen and oxygen atoms in total. The standard InChI is InChI=1S/C32H32FN7O3/c1-32(2,3)22-15-21-18-35-40(31(42)28(21)26(33)16-22)25-6-4-5-24(17-25)39-19-27(34)29(37-39)36-23-9-7-20(8-10-23)30(41)38-11-13-43-14-12-38/h4-10,15-19H,11-14,34H2,1-3H3,(H,36,37). The summed E-state index contributed by atoms with van der Waals surface area (Å²) >= 11 is 0. The Labute approximate surface area is 247 Å². The van der Waals surface area contributed by atoms with E-state index in [1.54, 1.807) is 58.2 Å². The molecule has 3 N–H and O–H groups in total. The lowest BCUT2D eigenvalue weighted by atomic mass is 9.86. The van der Waals surface area contributed by atoms with Crippen LogP contribution >= 0.6 is 0 Å². The Hall–Kier alpha value is -5.03. The van der Waals surface area contributed by atoms with Crippen molar-refractivity contribution in [3.8, 4) is 11.4 Å². The van der Waals surface area contributed by atoms with E-state index < -0.39 is 11.4 Å². The van der Waals surface area contributed by atoms with Gasteiger partial charge in [0.1, 0.15) is 5.82 Å². The SMILES string of the molecule is CC(C)(C)c1cc(F)c2c(=O)n(-c3cccc(-n4cc(N)c(Nc5ccc(C(=O)N6CCOCC6)cc5)n4)c3)ncc2c1. The first-order valence-corrected chi connectivity index (χ1v) is 14.0. The lowest BCUT2D eigenvalue weighted by molar-refractivity contribution is 0.0303. The minimum absolute atomic E-state index is 0.0131. The van der Waals surface area contributed by atoms with Gasteiger partial charge in [-0.1, -0.05) is 26.8 Å². The second-order valence-corrected chi connectivity index (χ2v) is 11.5. The van der Waals surface area contributed by atoms with Gasteiger partial charge in [0.25, 0.3) is 11.5 Å². The fraction of sp³-hybridized carbons (Fsp3) is 0.250. The molecule has 43 heavy (non-hydrogen) atoms. The van der Waals surface area contributed by atoms with E-state index in [9.17, 15) is 9.59 Å². The van der Waals surface area contributed by atoms with Crippen LogP contribution in [0.1, 0.15) is 36.7 Å². The Bertz CT molecular complexity index is 1880. The average molecular weight is 582 g/mol. The highest BCUT2D eigenvalue weighted by molar-refractivity contribution is 5.94. The molecule has 1 fully saturated rings. The summed E-state index contributed by atoms with van der Waals surface area (Å²) in [5.41, 5.74) is 9.02. The maximum Gasteiger partial charge on any atom is 0.282 e. The Morgan fingerprint density at radius 3 is 2.47 bits per heavy atom. The third-order valence-electron chi connectivity index (χ3n) is 7.48. The normalized spacial score (nSPS) is 13.8. The van der Waals surface area contributed by atoms with Crippen molar-refractivity contribution in [2.24, 2.45) is 0 Å². The van der Waals surface area contributed by atoms with Crippen molar-refractivity contribution >= 4 is 33.9 Å². The maximum absolute atomic E-state index is 15.2. The summed E-state index contributed by atoms with van der Waals surface area (Å²) in [6.45, 7) is 8.21. The number of fused-ring (bicyclic) bond motifs is 1. The molecule has 220 valence electrons. The number of benzene rings is 3. The molecule has 1 aliphatic rings. The summed E-state index contributed by atoms with van der Waals surface area (Å²) in [5.74, 6) is -0.180. The first-order valence-electron chi connectivity index (χ1n) is 14.0. The fourth-order valence-corrected chi connectivity index (χ4v) is 5.02. The quantitative estimate of drug-likeness (QED) is 0.306. The van der Waals surface area contributed by atoms with E-state index in [0.717, 1.165) is 5.56 Å². The molecule has 3 heterocycles. The number of nitrogen functional groups attached to an aromatic ring is 1. The highest BCUT2D eigenvalue weighted by atomic mass is 19.1. The van der Waals surface area contributed by atoms with E-state index in [2.05, 4.69) is 15.5 Å². The zero-order valence-corrected chi connectivity index (χ0v) is 24.2. The number of aromatic nitrogens is 4. The molecule has 11 heteroatoms. The van der Waals surface area contributed by atoms with Gasteiger partial charge >= 0.3 is 0 Å². The number of morpholine rings is 1. The van der Waals surface area contributed by atoms with Crippen molar-refractivity contribution < 1.29 is 13.9 Å². The van der Waals surface area contributed by atoms with Crippen molar-refractivity contribution in [3.05, 3.63) is 100 Å². The highest BCUT2D eigenvalue weighted by Crippen LogP contribution is 2.28. The largest absolute Gasteiger partial charge is 0.394 e. The molecule has 0 unspecified atom stereocenters. The molecule has 1 amide bonds. The molecule has 0 spiro atoms. The molecule has 1 aliphatic heterocycles. The fourth-order valence-electron chi connectivity index (χ4n) is 5.02. The summed E-state index contributed by atoms with van der Waals surface area (Å²) in [4.78, 5) is 27.9. The van der Waals surface area contributed by atoms with Gasteiger partial charge in [-0.25, -0.2) is 9.07 Å². The third kappa shape index (κ3) is 5.59. The Kier molecular flexibility index (Phi) is 7.18. The molecule has 3 aromatic carbocycles. The van der Waals surface area contributed by atoms with Crippen LogP contribution in [0.2, 0.25) is 0 Å². The number of ether oxygens (including phenoxy) is 1. The van der Waals surface area contributed by atoms with Gasteiger partial charge in [-0.05, 0) is 65.6 Å². The van der Waals surface area contributed by atoms with E-state index in [4.69, 9.17) is 10.5 Å². The van der Waals surface area contributed by atoms with Crippen LogP contribution in [0, 0.1) is 5.82 Å². The van der Waals surface area contributed by atoms with Crippen LogP contribution < -0.4 is 16.6 Å². The molecule has 1 saturated heterocycles. The van der Waals surface area contributed by atoms with Gasteiger partial charge in [-0.2, -0.15) is 9.78 Å². The monoisotopic (exact) mass is 581 g/mol. The molecule has 6 rings (SSSR count). The highest BCUT2D eigenvalue weighted by Gasteiger charge is 2.20. The van der Waals surface area contributed by atoms with Crippen LogP contribution in [0.4, 0.5) is 21.6 Å². The number of nitrogens with two attached hydrogens (primary N) is 1. The van der Waals surface area contributed by atoms with E-state index in [1.807, 2.05) is 32.9 Å². The molecule has 0 radical (unpaired) electrons. The average Bonchev–Trinajstić information content (AvgIpc) is 3.37. The van der Waals surface area contributed by atoms with Crippen molar-refractivity contribution in [3.63, 3.8) is 0 Å². The molecule has 5 aromatic rings. The smallest absolute Gasteiger partial charge is 0.282 e. The molecule has 0 bridgehead atoms. The van der Waals surface area contributed by atoms with Gasteiger partial charge in [-0.3, -0.25) is 9.59 Å². The van der Waals surface area contributed by atoms with E-state index in [0.29, 0.717) is 65.8 Å². The number of amides is 1. The molecule has 0 atom stereocenters. The van der Waals surface area contributed by atoms with Gasteiger partial charge in [0, 0.05) is 29.7 Å². The minimum atomic E-state index is -0.575. The minimum Gasteiger partial charge on any atom is -0.394 e. The lowest BCUT2D eigenvalue weighted by Gasteiger charge is -2.26. The Balaban J connectivity index is 1.24. The first-order chi connectivity index (χ1) is 20.6. The van der Waals surface area contributed by atoms with Gasteiger partial charge < -0.3 is 20.7 Å². The number of carbonyl (C=O) groups is 1. The number of anilines is 3. The van der Waals surface area contributed by atoms with Crippen LogP contribution in [-0.4, -0.2) is 56.7 Å². The summed E-state index contributed by atoms with van der Waals surface area (Å²) in [6.07, 6.45) is 3.16. The molecular weight excluding hydrogens is 549 g/mol. The summed E-state index contributed by atoms with van der Waals surface area (Å²) in [6, 6.07) is 17.4. The van der Waals surface area contributed by atoms with Crippen LogP contribution in [0.25, 0.3) is 22.1 Å². The van der Waals surface area contributed by atoms with Crippen molar-refractivity contribution in [2.45, 2.75) is 26.2 Å². The van der Waals surface area contributed by atoms with Crippen molar-refractivity contribution in [1.29, 1.82) is 0 Å². The van der Waals surface area contributed by atoms with Crippen LogP contribution in [0.15, 0.2) is 77.9 Å². The van der Waals surface area contributed by atoms with Gasteiger partial charge in [0.2, 0.25) is 0 Å². The lowest BCUT2D eigenvalue weighted by Crippen LogP contribution is -2.40. The number of halogens is 1. The van der Waals surface area contributed by atoms with Crippen LogP contribution in [0.5, 0.6) is 0 Å². The number of rotatable bonds is 5. The number of nitrogens with one attached hydrogen (secondary N) is 1. The number of hydrogen-bond donors (Lipinski definition) is 2. The zero-order valence-electron chi connectivity index (χ0n) is 24.2. The van der Waals surface area contributed by atoms with Crippen molar-refractivity contribution in [1.82, 2.24) is 24.5 Å². The number of hydrogen-bond acceptors (Lipinski definition) is 7. The zero-order chi connectivity index (χ0) is 30.3. The summed E-state index contributed by atoms with van der Waals surface area (Å²) in [7, 11) is 0. The van der Waals surface area contributed by atoms with Gasteiger partial charge in [0.15, 0.2) is 5.82 Å². The second kappa shape index (κ2) is 11.0. The molecule has 2 aromatic heterocycles. The van der Waals surface area contributed by atoms with E-state index >= 15 is 4.39 Å². The van der Waals surface area contributed by atoms with Crippen LogP contribution in [-0.2, 0) is 10.2 Å². The van der Waals surface area contributed by atoms with E-state index in [1.165, 1.54) is 16.9 Å². The van der Waals surface area contributed by atoms with Crippen molar-refractivity contribution in [2.75, 3.05) is 37.4 Å². The molecule has 0 saturated carbocycles. The number of nitrogens with zero attached hydrogens (tertiary/aromatic N) is 5. The summed E-state index contributed by atoms with van der Waals surface area (Å²) < 4.78 is 23.2. The Morgan fingerprint density at radius 1 is 1.02 bits per heavy atom. The topological polar surface area (TPSA) is 120 Å². The molecule has 0 aliphatic carbocycles. The predicted molar refractivity (Wildman–Crippen MR) is 164 cm³/mol.